The topological polar surface area (TPSA) is 66.4 Å². The summed E-state index contributed by atoms with van der Waals surface area (Å²) in [6, 6.07) is 0. The van der Waals surface area contributed by atoms with Crippen LogP contribution < -0.4 is 5.32 Å². The van der Waals surface area contributed by atoms with Crippen molar-refractivity contribution in [3.8, 4) is 0 Å². The summed E-state index contributed by atoms with van der Waals surface area (Å²) in [6.07, 6.45) is 2.10. The van der Waals surface area contributed by atoms with Crippen molar-refractivity contribution in [2.45, 2.75) is 18.4 Å². The summed E-state index contributed by atoms with van der Waals surface area (Å²) < 4.78 is 0. The van der Waals surface area contributed by atoms with Crippen molar-refractivity contribution in [3.05, 3.63) is 12.7 Å². The lowest BCUT2D eigenvalue weighted by Crippen LogP contribution is -2.42. The standard InChI is InChI=1S/C7H9NO3/c1-2-5(9)8-7(3-4-7)6(10)11/h2H,1,3-4H2,(H,8,9)(H,10,11). The van der Waals surface area contributed by atoms with Gasteiger partial charge >= 0.3 is 5.97 Å². The number of hydrogen-bond donors (Lipinski definition) is 2. The second kappa shape index (κ2) is 2.38. The Bertz CT molecular complexity index is 218. The van der Waals surface area contributed by atoms with E-state index >= 15 is 0 Å². The monoisotopic (exact) mass is 155 g/mol. The Morgan fingerprint density at radius 1 is 1.55 bits per heavy atom. The molecule has 0 spiro atoms. The van der Waals surface area contributed by atoms with Gasteiger partial charge in [-0.25, -0.2) is 4.79 Å². The minimum absolute atomic E-state index is 0.426. The zero-order chi connectivity index (χ0) is 8.48. The second-order valence-electron chi connectivity index (χ2n) is 2.58. The van der Waals surface area contributed by atoms with Crippen molar-refractivity contribution in [1.29, 1.82) is 0 Å². The zero-order valence-corrected chi connectivity index (χ0v) is 5.96. The predicted octanol–water partition coefficient (Wildman–Crippen LogP) is -0.0942. The molecule has 0 radical (unpaired) electrons. The molecular weight excluding hydrogens is 146 g/mol. The van der Waals surface area contributed by atoms with E-state index in [1.807, 2.05) is 0 Å². The van der Waals surface area contributed by atoms with Crippen LogP contribution in [0.15, 0.2) is 12.7 Å². The van der Waals surface area contributed by atoms with Crippen LogP contribution in [0.1, 0.15) is 12.8 Å². The van der Waals surface area contributed by atoms with Gasteiger partial charge in [0.15, 0.2) is 0 Å². The molecule has 1 fully saturated rings. The Morgan fingerprint density at radius 3 is 2.36 bits per heavy atom. The molecule has 1 aliphatic rings. The van der Waals surface area contributed by atoms with Gasteiger partial charge in [-0.2, -0.15) is 0 Å². The van der Waals surface area contributed by atoms with Crippen LogP contribution in [0.4, 0.5) is 0 Å². The fraction of sp³-hybridized carbons (Fsp3) is 0.429. The normalized spacial score (nSPS) is 18.5. The van der Waals surface area contributed by atoms with Gasteiger partial charge in [0.05, 0.1) is 0 Å². The lowest BCUT2D eigenvalue weighted by atomic mass is 10.3. The third-order valence-corrected chi connectivity index (χ3v) is 1.71. The second-order valence-corrected chi connectivity index (χ2v) is 2.58. The van der Waals surface area contributed by atoms with Gasteiger partial charge in [-0.3, -0.25) is 4.79 Å². The van der Waals surface area contributed by atoms with E-state index in [2.05, 4.69) is 11.9 Å². The maximum absolute atomic E-state index is 10.7. The van der Waals surface area contributed by atoms with E-state index in [4.69, 9.17) is 5.11 Å². The largest absolute Gasteiger partial charge is 0.480 e. The molecule has 0 aromatic heterocycles. The summed E-state index contributed by atoms with van der Waals surface area (Å²) in [4.78, 5) is 21.2. The first-order valence-electron chi connectivity index (χ1n) is 3.29. The number of carbonyl (C=O) groups is 2. The van der Waals surface area contributed by atoms with E-state index in [1.54, 1.807) is 0 Å². The van der Waals surface area contributed by atoms with Crippen LogP contribution in [0, 0.1) is 0 Å². The highest BCUT2D eigenvalue weighted by atomic mass is 16.4. The first-order chi connectivity index (χ1) is 5.10. The van der Waals surface area contributed by atoms with Crippen molar-refractivity contribution < 1.29 is 14.7 Å². The number of nitrogens with one attached hydrogen (secondary N) is 1. The van der Waals surface area contributed by atoms with Gasteiger partial charge in [-0.1, -0.05) is 6.58 Å². The molecule has 0 aliphatic heterocycles. The van der Waals surface area contributed by atoms with E-state index in [0.29, 0.717) is 12.8 Å². The highest BCUT2D eigenvalue weighted by Gasteiger charge is 2.51. The number of amides is 1. The Kier molecular flexibility index (Phi) is 1.68. The smallest absolute Gasteiger partial charge is 0.329 e. The minimum Gasteiger partial charge on any atom is -0.480 e. The van der Waals surface area contributed by atoms with Crippen LogP contribution in [0.5, 0.6) is 0 Å². The zero-order valence-electron chi connectivity index (χ0n) is 5.96. The van der Waals surface area contributed by atoms with Crippen molar-refractivity contribution in [3.63, 3.8) is 0 Å². The van der Waals surface area contributed by atoms with Crippen LogP contribution in [0.2, 0.25) is 0 Å². The number of carbonyl (C=O) groups excluding carboxylic acids is 1. The Labute approximate surface area is 63.9 Å². The van der Waals surface area contributed by atoms with E-state index in [9.17, 15) is 9.59 Å². The summed E-state index contributed by atoms with van der Waals surface area (Å²) >= 11 is 0. The molecule has 0 heterocycles. The molecule has 1 amide bonds. The van der Waals surface area contributed by atoms with Crippen LogP contribution in [0.3, 0.4) is 0 Å². The van der Waals surface area contributed by atoms with Crippen LogP contribution in [0.25, 0.3) is 0 Å². The van der Waals surface area contributed by atoms with Gasteiger partial charge in [0.1, 0.15) is 5.54 Å². The summed E-state index contributed by atoms with van der Waals surface area (Å²) in [5.74, 6) is -1.39. The lowest BCUT2D eigenvalue weighted by Gasteiger charge is -2.09. The number of rotatable bonds is 3. The van der Waals surface area contributed by atoms with E-state index in [0.717, 1.165) is 6.08 Å². The molecule has 11 heavy (non-hydrogen) atoms. The van der Waals surface area contributed by atoms with Gasteiger partial charge in [0.2, 0.25) is 5.91 Å². The molecule has 0 saturated heterocycles. The Balaban J connectivity index is 2.54. The first-order valence-corrected chi connectivity index (χ1v) is 3.29. The molecule has 2 N–H and O–H groups in total. The van der Waals surface area contributed by atoms with Crippen molar-refractivity contribution in [1.82, 2.24) is 5.32 Å². The summed E-state index contributed by atoms with van der Waals surface area (Å²) in [7, 11) is 0. The highest BCUT2D eigenvalue weighted by molar-refractivity contribution is 5.94. The van der Waals surface area contributed by atoms with Gasteiger partial charge in [0, 0.05) is 0 Å². The maximum Gasteiger partial charge on any atom is 0.329 e. The number of carboxylic acids is 1. The fourth-order valence-corrected chi connectivity index (χ4v) is 0.804. The summed E-state index contributed by atoms with van der Waals surface area (Å²) in [5, 5.41) is 11.0. The van der Waals surface area contributed by atoms with Gasteiger partial charge < -0.3 is 10.4 Å². The molecule has 1 rings (SSSR count). The maximum atomic E-state index is 10.7. The lowest BCUT2D eigenvalue weighted by molar-refractivity contribution is -0.142. The third-order valence-electron chi connectivity index (χ3n) is 1.71. The SMILES string of the molecule is C=CC(=O)NC1(C(=O)O)CC1. The molecular formula is C7H9NO3. The Morgan fingerprint density at radius 2 is 2.09 bits per heavy atom. The molecule has 0 aromatic rings. The highest BCUT2D eigenvalue weighted by Crippen LogP contribution is 2.35. The van der Waals surface area contributed by atoms with Crippen LogP contribution >= 0.6 is 0 Å². The van der Waals surface area contributed by atoms with Gasteiger partial charge in [0.25, 0.3) is 0 Å². The third kappa shape index (κ3) is 1.39. The first kappa shape index (κ1) is 7.78. The summed E-state index contributed by atoms with van der Waals surface area (Å²) in [5.41, 5.74) is -0.981. The molecule has 1 aliphatic carbocycles. The van der Waals surface area contributed by atoms with E-state index < -0.39 is 17.4 Å². The van der Waals surface area contributed by atoms with E-state index in [-0.39, 0.29) is 0 Å². The molecule has 60 valence electrons. The quantitative estimate of drug-likeness (QED) is 0.559. The molecule has 4 nitrogen and oxygen atoms in total. The molecule has 0 atom stereocenters. The molecule has 1 saturated carbocycles. The molecule has 0 unspecified atom stereocenters. The van der Waals surface area contributed by atoms with E-state index in [1.165, 1.54) is 0 Å². The van der Waals surface area contributed by atoms with Crippen molar-refractivity contribution >= 4 is 11.9 Å². The van der Waals surface area contributed by atoms with Gasteiger partial charge in [-0.15, -0.1) is 0 Å². The summed E-state index contributed by atoms with van der Waals surface area (Å²) in [6.45, 7) is 3.23. The molecule has 4 heteroatoms. The molecule has 0 bridgehead atoms. The van der Waals surface area contributed by atoms with Gasteiger partial charge in [-0.05, 0) is 18.9 Å². The average molecular weight is 155 g/mol. The number of carboxylic acid groups (broad SMARTS) is 1. The van der Waals surface area contributed by atoms with Crippen molar-refractivity contribution in [2.75, 3.05) is 0 Å². The Hall–Kier alpha value is -1.32. The molecule has 0 aromatic carbocycles. The van der Waals surface area contributed by atoms with Crippen LogP contribution in [-0.2, 0) is 9.59 Å². The fourth-order valence-electron chi connectivity index (χ4n) is 0.804. The number of aliphatic carboxylic acids is 1. The average Bonchev–Trinajstić information content (AvgIpc) is 2.69. The van der Waals surface area contributed by atoms with Crippen LogP contribution in [-0.4, -0.2) is 22.5 Å². The number of hydrogen-bond acceptors (Lipinski definition) is 2. The predicted molar refractivity (Wildman–Crippen MR) is 37.9 cm³/mol. The van der Waals surface area contributed by atoms with Crippen molar-refractivity contribution in [2.24, 2.45) is 0 Å². The minimum atomic E-state index is -0.981.